The minimum absolute atomic E-state index is 0.240. The largest absolute Gasteiger partial charge is 0.421 e. The highest BCUT2D eigenvalue weighted by atomic mass is 16.4. The third kappa shape index (κ3) is 0.863. The SMILES string of the molecule is Cc1c2ccn(C)cc-2oc1=O. The van der Waals surface area contributed by atoms with E-state index in [1.807, 2.05) is 23.9 Å². The third-order valence-electron chi connectivity index (χ3n) is 1.98. The summed E-state index contributed by atoms with van der Waals surface area (Å²) in [5.74, 6) is 0.655. The number of fused-ring (bicyclic) bond motifs is 1. The standard InChI is InChI=1S/C9H9NO2/c1-6-7-3-4-10(2)5-8(7)12-9(6)11/h3-5H,1-2H3. The summed E-state index contributed by atoms with van der Waals surface area (Å²) in [6.07, 6.45) is 3.69. The minimum Gasteiger partial charge on any atom is -0.421 e. The Balaban J connectivity index is 2.87. The molecule has 62 valence electrons. The predicted octanol–water partition coefficient (Wildman–Crippen LogP) is 1.39. The second-order valence-electron chi connectivity index (χ2n) is 2.90. The molecule has 0 N–H and O–H groups in total. The highest BCUT2D eigenvalue weighted by Crippen LogP contribution is 2.22. The van der Waals surface area contributed by atoms with Crippen LogP contribution >= 0.6 is 0 Å². The van der Waals surface area contributed by atoms with Crippen LogP contribution in [0, 0.1) is 6.92 Å². The Hall–Kier alpha value is -1.51. The van der Waals surface area contributed by atoms with Gasteiger partial charge < -0.3 is 8.98 Å². The van der Waals surface area contributed by atoms with Gasteiger partial charge in [0.05, 0.1) is 0 Å². The summed E-state index contributed by atoms with van der Waals surface area (Å²) >= 11 is 0. The second kappa shape index (κ2) is 2.24. The van der Waals surface area contributed by atoms with E-state index in [2.05, 4.69) is 0 Å². The monoisotopic (exact) mass is 163 g/mol. The van der Waals surface area contributed by atoms with Gasteiger partial charge in [-0.15, -0.1) is 0 Å². The average molecular weight is 163 g/mol. The van der Waals surface area contributed by atoms with Crippen LogP contribution in [-0.4, -0.2) is 4.57 Å². The van der Waals surface area contributed by atoms with Crippen LogP contribution < -0.4 is 5.63 Å². The third-order valence-corrected chi connectivity index (χ3v) is 1.98. The first-order chi connectivity index (χ1) is 5.68. The lowest BCUT2D eigenvalue weighted by Crippen LogP contribution is -1.93. The van der Waals surface area contributed by atoms with E-state index in [4.69, 9.17) is 4.42 Å². The summed E-state index contributed by atoms with van der Waals surface area (Å²) in [7, 11) is 1.89. The van der Waals surface area contributed by atoms with Gasteiger partial charge in [0.2, 0.25) is 0 Å². The molecule has 2 rings (SSSR count). The van der Waals surface area contributed by atoms with Gasteiger partial charge in [-0.2, -0.15) is 0 Å². The van der Waals surface area contributed by atoms with E-state index in [1.165, 1.54) is 0 Å². The number of furan rings is 1. The molecule has 0 bridgehead atoms. The number of nitrogens with zero attached hydrogens (tertiary/aromatic N) is 1. The van der Waals surface area contributed by atoms with Crippen LogP contribution in [0.4, 0.5) is 0 Å². The number of hydrogen-bond donors (Lipinski definition) is 0. The van der Waals surface area contributed by atoms with Crippen molar-refractivity contribution in [3.63, 3.8) is 0 Å². The molecule has 0 spiro atoms. The number of pyridine rings is 1. The van der Waals surface area contributed by atoms with Gasteiger partial charge in [0.15, 0.2) is 5.76 Å². The summed E-state index contributed by atoms with van der Waals surface area (Å²) in [5.41, 5.74) is 1.35. The van der Waals surface area contributed by atoms with Crippen molar-refractivity contribution in [3.8, 4) is 11.3 Å². The van der Waals surface area contributed by atoms with E-state index in [9.17, 15) is 4.79 Å². The molecule has 0 aromatic heterocycles. The van der Waals surface area contributed by atoms with Crippen LogP contribution in [0.15, 0.2) is 27.7 Å². The molecule has 0 amide bonds. The van der Waals surface area contributed by atoms with Gasteiger partial charge in [-0.05, 0) is 13.0 Å². The van der Waals surface area contributed by atoms with Crippen molar-refractivity contribution < 1.29 is 4.42 Å². The Bertz CT molecular complexity index is 439. The lowest BCUT2D eigenvalue weighted by Gasteiger charge is -2.00. The topological polar surface area (TPSA) is 35.1 Å². The van der Waals surface area contributed by atoms with Crippen LogP contribution in [0.5, 0.6) is 0 Å². The van der Waals surface area contributed by atoms with Crippen molar-refractivity contribution in [1.29, 1.82) is 0 Å². The highest BCUT2D eigenvalue weighted by Gasteiger charge is 2.12. The van der Waals surface area contributed by atoms with Crippen molar-refractivity contribution in [3.05, 3.63) is 34.4 Å². The molecule has 0 saturated carbocycles. The first kappa shape index (κ1) is 7.16. The number of aromatic nitrogens is 1. The summed E-state index contributed by atoms with van der Waals surface area (Å²) in [6.45, 7) is 1.77. The summed E-state index contributed by atoms with van der Waals surface area (Å²) < 4.78 is 6.86. The van der Waals surface area contributed by atoms with Crippen LogP contribution in [-0.2, 0) is 7.05 Å². The van der Waals surface area contributed by atoms with Crippen molar-refractivity contribution in [2.45, 2.75) is 6.92 Å². The first-order valence-electron chi connectivity index (χ1n) is 3.74. The zero-order valence-corrected chi connectivity index (χ0v) is 7.00. The van der Waals surface area contributed by atoms with Crippen molar-refractivity contribution >= 4 is 0 Å². The molecular weight excluding hydrogens is 154 g/mol. The van der Waals surface area contributed by atoms with Gasteiger partial charge in [0, 0.05) is 30.6 Å². The Morgan fingerprint density at radius 1 is 1.50 bits per heavy atom. The van der Waals surface area contributed by atoms with Gasteiger partial charge in [-0.1, -0.05) is 0 Å². The molecule has 0 unspecified atom stereocenters. The quantitative estimate of drug-likeness (QED) is 0.588. The fourth-order valence-electron chi connectivity index (χ4n) is 1.25. The van der Waals surface area contributed by atoms with E-state index < -0.39 is 0 Å². The Labute approximate surface area is 69.6 Å². The molecule has 0 atom stereocenters. The maximum Gasteiger partial charge on any atom is 0.339 e. The zero-order chi connectivity index (χ0) is 8.72. The van der Waals surface area contributed by atoms with E-state index in [-0.39, 0.29) is 5.63 Å². The molecule has 0 saturated heterocycles. The fourth-order valence-corrected chi connectivity index (χ4v) is 1.25. The number of aryl methyl sites for hydroxylation is 1. The van der Waals surface area contributed by atoms with E-state index in [0.717, 1.165) is 5.56 Å². The van der Waals surface area contributed by atoms with E-state index in [0.29, 0.717) is 11.3 Å². The molecule has 12 heavy (non-hydrogen) atoms. The maximum absolute atomic E-state index is 11.1. The molecule has 2 aliphatic heterocycles. The summed E-state index contributed by atoms with van der Waals surface area (Å²) in [4.78, 5) is 11.1. The molecule has 2 heterocycles. The lowest BCUT2D eigenvalue weighted by atomic mass is 10.1. The Morgan fingerprint density at radius 2 is 2.25 bits per heavy atom. The maximum atomic E-state index is 11.1. The van der Waals surface area contributed by atoms with Crippen molar-refractivity contribution in [2.75, 3.05) is 0 Å². The smallest absolute Gasteiger partial charge is 0.339 e. The predicted molar refractivity (Wildman–Crippen MR) is 45.3 cm³/mol. The van der Waals surface area contributed by atoms with Crippen molar-refractivity contribution in [1.82, 2.24) is 4.57 Å². The molecule has 3 nitrogen and oxygen atoms in total. The minimum atomic E-state index is -0.240. The normalized spacial score (nSPS) is 10.8. The van der Waals surface area contributed by atoms with Gasteiger partial charge in [-0.3, -0.25) is 0 Å². The van der Waals surface area contributed by atoms with Gasteiger partial charge >= 0.3 is 5.63 Å². The molecule has 0 aromatic carbocycles. The second-order valence-corrected chi connectivity index (χ2v) is 2.90. The molecule has 0 radical (unpaired) electrons. The zero-order valence-electron chi connectivity index (χ0n) is 7.00. The summed E-state index contributed by atoms with van der Waals surface area (Å²) in [5, 5.41) is 0. The lowest BCUT2D eigenvalue weighted by molar-refractivity contribution is 0.537. The number of hydrogen-bond acceptors (Lipinski definition) is 2. The van der Waals surface area contributed by atoms with Crippen LogP contribution in [0.25, 0.3) is 11.3 Å². The molecule has 0 aliphatic carbocycles. The van der Waals surface area contributed by atoms with Crippen LogP contribution in [0.3, 0.4) is 0 Å². The number of rotatable bonds is 0. The van der Waals surface area contributed by atoms with E-state index >= 15 is 0 Å². The molecular formula is C9H9NO2. The molecule has 3 heteroatoms. The van der Waals surface area contributed by atoms with Crippen molar-refractivity contribution in [2.24, 2.45) is 7.05 Å². The Kier molecular flexibility index (Phi) is 1.33. The molecule has 0 aromatic rings. The van der Waals surface area contributed by atoms with Crippen LogP contribution in [0.1, 0.15) is 5.56 Å². The first-order valence-corrected chi connectivity index (χ1v) is 3.74. The Morgan fingerprint density at radius 3 is 3.00 bits per heavy atom. The van der Waals surface area contributed by atoms with Gasteiger partial charge in [0.25, 0.3) is 0 Å². The fraction of sp³-hybridized carbons (Fsp3) is 0.222. The highest BCUT2D eigenvalue weighted by molar-refractivity contribution is 5.61. The van der Waals surface area contributed by atoms with Crippen LogP contribution in [0.2, 0.25) is 0 Å². The average Bonchev–Trinajstić information content (AvgIpc) is 2.28. The van der Waals surface area contributed by atoms with Gasteiger partial charge in [0.1, 0.15) is 0 Å². The van der Waals surface area contributed by atoms with E-state index in [1.54, 1.807) is 13.1 Å². The molecule has 2 aliphatic rings. The molecule has 0 fully saturated rings. The van der Waals surface area contributed by atoms with Gasteiger partial charge in [-0.25, -0.2) is 4.79 Å². The summed E-state index contributed by atoms with van der Waals surface area (Å²) in [6, 6.07) is 1.88.